The minimum Gasteiger partial charge on any atom is -0.303 e. The fourth-order valence-electron chi connectivity index (χ4n) is 3.49. The lowest BCUT2D eigenvalue weighted by atomic mass is 9.61. The van der Waals surface area contributed by atoms with Gasteiger partial charge in [-0.3, -0.25) is 0 Å². The average molecular weight is 220 g/mol. The average Bonchev–Trinajstić information content (AvgIpc) is 2.29. The molecule has 0 aromatic heterocycles. The summed E-state index contributed by atoms with van der Waals surface area (Å²) in [5.74, 6) is 0. The number of hydrogen-bond acceptors (Lipinski definition) is 1. The Bertz CT molecular complexity index is 324. The van der Waals surface area contributed by atoms with Crippen molar-refractivity contribution in [3.8, 4) is 0 Å². The molecule has 0 N–H and O–H groups in total. The van der Waals surface area contributed by atoms with Crippen molar-refractivity contribution in [1.29, 1.82) is 0 Å². The lowest BCUT2D eigenvalue weighted by Gasteiger charge is -2.44. The minimum atomic E-state index is -0.0343. The highest BCUT2D eigenvalue weighted by molar-refractivity contribution is 5.61. The van der Waals surface area contributed by atoms with E-state index < -0.39 is 0 Å². The third-order valence-electron chi connectivity index (χ3n) is 4.93. The molecule has 1 heteroatoms. The van der Waals surface area contributed by atoms with Crippen molar-refractivity contribution in [3.05, 3.63) is 11.1 Å². The summed E-state index contributed by atoms with van der Waals surface area (Å²) in [5, 5.41) is 0. The van der Waals surface area contributed by atoms with Crippen molar-refractivity contribution in [2.45, 2.75) is 65.7 Å². The van der Waals surface area contributed by atoms with Gasteiger partial charge in [-0.05, 0) is 50.4 Å². The smallest absolute Gasteiger partial charge is 0.126 e. The largest absolute Gasteiger partial charge is 0.303 e. The van der Waals surface area contributed by atoms with Crippen LogP contribution in [0.3, 0.4) is 0 Å². The molecule has 1 unspecified atom stereocenters. The Morgan fingerprint density at radius 1 is 1.25 bits per heavy atom. The molecule has 0 saturated heterocycles. The standard InChI is InChI=1S/C15H24O/c1-4-15(11-16)9-7-12-6-5-8-14(2,3)13(12)10-15/h11H,4-10H2,1-3H3. The van der Waals surface area contributed by atoms with Crippen molar-refractivity contribution < 1.29 is 4.79 Å². The molecule has 2 aliphatic rings. The van der Waals surface area contributed by atoms with Gasteiger partial charge >= 0.3 is 0 Å². The first-order valence-electron chi connectivity index (χ1n) is 6.71. The number of rotatable bonds is 2. The highest BCUT2D eigenvalue weighted by Crippen LogP contribution is 2.51. The molecule has 0 spiro atoms. The molecule has 0 amide bonds. The second-order valence-corrected chi connectivity index (χ2v) is 6.33. The van der Waals surface area contributed by atoms with E-state index >= 15 is 0 Å². The Morgan fingerprint density at radius 3 is 2.62 bits per heavy atom. The van der Waals surface area contributed by atoms with Crippen LogP contribution in [0, 0.1) is 10.8 Å². The van der Waals surface area contributed by atoms with Crippen LogP contribution in [-0.4, -0.2) is 6.29 Å². The number of hydrogen-bond donors (Lipinski definition) is 0. The van der Waals surface area contributed by atoms with Gasteiger partial charge in [-0.25, -0.2) is 0 Å². The third-order valence-corrected chi connectivity index (χ3v) is 4.93. The Balaban J connectivity index is 2.32. The second-order valence-electron chi connectivity index (χ2n) is 6.33. The lowest BCUT2D eigenvalue weighted by Crippen LogP contribution is -2.33. The van der Waals surface area contributed by atoms with Gasteiger partial charge in [-0.1, -0.05) is 31.9 Å². The Kier molecular flexibility index (Phi) is 2.98. The minimum absolute atomic E-state index is 0.0343. The summed E-state index contributed by atoms with van der Waals surface area (Å²) in [5.41, 5.74) is 3.62. The highest BCUT2D eigenvalue weighted by atomic mass is 16.1. The maximum atomic E-state index is 11.4. The maximum Gasteiger partial charge on any atom is 0.126 e. The van der Waals surface area contributed by atoms with Crippen LogP contribution in [0.2, 0.25) is 0 Å². The quantitative estimate of drug-likeness (QED) is 0.501. The molecular formula is C15H24O. The molecule has 0 aromatic carbocycles. The first kappa shape index (κ1) is 11.9. The highest BCUT2D eigenvalue weighted by Gasteiger charge is 2.40. The number of aldehydes is 1. The van der Waals surface area contributed by atoms with E-state index in [1.165, 1.54) is 32.0 Å². The molecule has 2 rings (SSSR count). The van der Waals surface area contributed by atoms with Crippen molar-refractivity contribution >= 4 is 6.29 Å². The molecule has 0 heterocycles. The molecule has 0 saturated carbocycles. The van der Waals surface area contributed by atoms with Crippen LogP contribution in [0.1, 0.15) is 65.7 Å². The first-order chi connectivity index (χ1) is 7.53. The second kappa shape index (κ2) is 4.01. The lowest BCUT2D eigenvalue weighted by molar-refractivity contribution is -0.117. The Hall–Kier alpha value is -0.590. The molecule has 0 aromatic rings. The van der Waals surface area contributed by atoms with Gasteiger partial charge < -0.3 is 4.79 Å². The van der Waals surface area contributed by atoms with Gasteiger partial charge in [0.25, 0.3) is 0 Å². The van der Waals surface area contributed by atoms with Crippen LogP contribution >= 0.6 is 0 Å². The van der Waals surface area contributed by atoms with E-state index in [4.69, 9.17) is 0 Å². The van der Waals surface area contributed by atoms with Crippen LogP contribution in [0.4, 0.5) is 0 Å². The molecule has 1 nitrogen and oxygen atoms in total. The van der Waals surface area contributed by atoms with Crippen LogP contribution in [0.25, 0.3) is 0 Å². The fourth-order valence-corrected chi connectivity index (χ4v) is 3.49. The van der Waals surface area contributed by atoms with Crippen molar-refractivity contribution in [2.75, 3.05) is 0 Å². The van der Waals surface area contributed by atoms with E-state index in [0.717, 1.165) is 19.3 Å². The number of carbonyl (C=O) groups excluding carboxylic acids is 1. The summed E-state index contributed by atoms with van der Waals surface area (Å²) in [7, 11) is 0. The predicted molar refractivity (Wildman–Crippen MR) is 67.3 cm³/mol. The fraction of sp³-hybridized carbons (Fsp3) is 0.800. The van der Waals surface area contributed by atoms with Crippen LogP contribution in [-0.2, 0) is 4.79 Å². The first-order valence-corrected chi connectivity index (χ1v) is 6.71. The predicted octanol–water partition coefficient (Wildman–Crippen LogP) is 4.27. The zero-order valence-corrected chi connectivity index (χ0v) is 10.9. The summed E-state index contributed by atoms with van der Waals surface area (Å²) in [4.78, 5) is 11.4. The van der Waals surface area contributed by atoms with Crippen molar-refractivity contribution in [2.24, 2.45) is 10.8 Å². The Morgan fingerprint density at radius 2 is 2.00 bits per heavy atom. The molecule has 16 heavy (non-hydrogen) atoms. The molecule has 1 atom stereocenters. The summed E-state index contributed by atoms with van der Waals surface area (Å²) in [6.45, 7) is 6.88. The van der Waals surface area contributed by atoms with E-state index in [1.54, 1.807) is 11.1 Å². The van der Waals surface area contributed by atoms with Gasteiger partial charge in [0, 0.05) is 5.41 Å². The van der Waals surface area contributed by atoms with Crippen molar-refractivity contribution in [3.63, 3.8) is 0 Å². The molecule has 2 aliphatic carbocycles. The van der Waals surface area contributed by atoms with E-state index in [2.05, 4.69) is 20.8 Å². The maximum absolute atomic E-state index is 11.4. The van der Waals surface area contributed by atoms with Gasteiger partial charge in [0.15, 0.2) is 0 Å². The van der Waals surface area contributed by atoms with E-state index in [9.17, 15) is 4.79 Å². The molecular weight excluding hydrogens is 196 g/mol. The zero-order chi connectivity index (χ0) is 11.8. The summed E-state index contributed by atoms with van der Waals surface area (Å²) < 4.78 is 0. The summed E-state index contributed by atoms with van der Waals surface area (Å²) in [6, 6.07) is 0. The van der Waals surface area contributed by atoms with Gasteiger partial charge in [0.1, 0.15) is 6.29 Å². The van der Waals surface area contributed by atoms with E-state index in [1.807, 2.05) is 0 Å². The van der Waals surface area contributed by atoms with Crippen LogP contribution in [0.5, 0.6) is 0 Å². The van der Waals surface area contributed by atoms with Crippen LogP contribution in [0.15, 0.2) is 11.1 Å². The molecule has 90 valence electrons. The Labute approximate surface area is 99.3 Å². The molecule has 0 radical (unpaired) electrons. The van der Waals surface area contributed by atoms with Gasteiger partial charge in [-0.15, -0.1) is 0 Å². The van der Waals surface area contributed by atoms with Gasteiger partial charge in [-0.2, -0.15) is 0 Å². The van der Waals surface area contributed by atoms with Crippen LogP contribution < -0.4 is 0 Å². The third kappa shape index (κ3) is 1.85. The van der Waals surface area contributed by atoms with E-state index in [-0.39, 0.29) is 5.41 Å². The molecule has 0 fully saturated rings. The summed E-state index contributed by atoms with van der Waals surface area (Å²) >= 11 is 0. The van der Waals surface area contributed by atoms with E-state index in [0.29, 0.717) is 5.41 Å². The number of carbonyl (C=O) groups is 1. The SMILES string of the molecule is CCC1(C=O)CCC2=C(C1)C(C)(C)CCC2. The van der Waals surface area contributed by atoms with Crippen molar-refractivity contribution in [1.82, 2.24) is 0 Å². The molecule has 0 aliphatic heterocycles. The molecule has 0 bridgehead atoms. The number of allylic oxidation sites excluding steroid dienone is 2. The normalized spacial score (nSPS) is 33.4. The zero-order valence-electron chi connectivity index (χ0n) is 10.9. The monoisotopic (exact) mass is 220 g/mol. The van der Waals surface area contributed by atoms with Gasteiger partial charge in [0.2, 0.25) is 0 Å². The summed E-state index contributed by atoms with van der Waals surface area (Å²) in [6.07, 6.45) is 9.46. The van der Waals surface area contributed by atoms with Gasteiger partial charge in [0.05, 0.1) is 0 Å². The topological polar surface area (TPSA) is 17.1 Å².